The van der Waals surface area contributed by atoms with Crippen molar-refractivity contribution in [3.63, 3.8) is 0 Å². The maximum Gasteiger partial charge on any atom is 0.417 e. The number of carbonyl (C=O) groups is 1. The first-order chi connectivity index (χ1) is 14.9. The lowest BCUT2D eigenvalue weighted by Crippen LogP contribution is -2.49. The van der Waals surface area contributed by atoms with Crippen LogP contribution in [0.1, 0.15) is 16.1 Å². The van der Waals surface area contributed by atoms with Crippen LogP contribution in [-0.2, 0) is 6.18 Å². The lowest BCUT2D eigenvalue weighted by Gasteiger charge is -2.35. The minimum absolute atomic E-state index is 0.215. The van der Waals surface area contributed by atoms with E-state index in [4.69, 9.17) is 4.74 Å². The van der Waals surface area contributed by atoms with Gasteiger partial charge in [0.2, 0.25) is 0 Å². The molecule has 0 radical (unpaired) electrons. The normalized spacial score (nSPS) is 14.6. The van der Waals surface area contributed by atoms with Crippen molar-refractivity contribution >= 4 is 11.7 Å². The molecule has 0 atom stereocenters. The molecule has 0 unspecified atom stereocenters. The predicted octanol–water partition coefficient (Wildman–Crippen LogP) is 3.26. The second kappa shape index (κ2) is 8.29. The maximum atomic E-state index is 13.0. The first kappa shape index (κ1) is 20.7. The average Bonchev–Trinajstić information content (AvgIpc) is 3.23. The number of piperazine rings is 1. The Kier molecular flexibility index (Phi) is 5.53. The molecule has 10 heteroatoms. The van der Waals surface area contributed by atoms with Gasteiger partial charge in [0, 0.05) is 32.4 Å². The van der Waals surface area contributed by atoms with Crippen LogP contribution < -0.4 is 9.64 Å². The Morgan fingerprint density at radius 1 is 1.03 bits per heavy atom. The van der Waals surface area contributed by atoms with Gasteiger partial charge < -0.3 is 14.5 Å². The van der Waals surface area contributed by atoms with Crippen LogP contribution in [0.15, 0.2) is 54.9 Å². The predicted molar refractivity (Wildman–Crippen MR) is 107 cm³/mol. The summed E-state index contributed by atoms with van der Waals surface area (Å²) in [5.74, 6) is 0.568. The van der Waals surface area contributed by atoms with Crippen LogP contribution in [0.4, 0.5) is 19.0 Å². The SMILES string of the molecule is COc1cn(-c2ccccc2)nc1C(=O)N1CCN(c2ccc(C(F)(F)F)cn2)CC1. The van der Waals surface area contributed by atoms with Gasteiger partial charge >= 0.3 is 6.18 Å². The number of benzene rings is 1. The van der Waals surface area contributed by atoms with Crippen molar-refractivity contribution in [2.75, 3.05) is 38.2 Å². The summed E-state index contributed by atoms with van der Waals surface area (Å²) in [6, 6.07) is 11.7. The molecule has 1 fully saturated rings. The number of rotatable bonds is 4. The molecule has 1 aliphatic heterocycles. The van der Waals surface area contributed by atoms with Crippen molar-refractivity contribution in [1.29, 1.82) is 0 Å². The van der Waals surface area contributed by atoms with E-state index in [2.05, 4.69) is 10.1 Å². The average molecular weight is 431 g/mol. The van der Waals surface area contributed by atoms with E-state index in [9.17, 15) is 18.0 Å². The van der Waals surface area contributed by atoms with Gasteiger partial charge in [-0.05, 0) is 24.3 Å². The summed E-state index contributed by atoms with van der Waals surface area (Å²) in [5.41, 5.74) is 0.233. The van der Waals surface area contributed by atoms with Gasteiger partial charge in [-0.2, -0.15) is 18.3 Å². The Morgan fingerprint density at radius 3 is 2.32 bits per heavy atom. The van der Waals surface area contributed by atoms with Crippen molar-refractivity contribution < 1.29 is 22.7 Å². The van der Waals surface area contributed by atoms with Crippen LogP contribution in [0.3, 0.4) is 0 Å². The summed E-state index contributed by atoms with van der Waals surface area (Å²) in [4.78, 5) is 20.5. The molecule has 4 rings (SSSR count). The third-order valence-corrected chi connectivity index (χ3v) is 5.09. The van der Waals surface area contributed by atoms with Crippen molar-refractivity contribution in [2.45, 2.75) is 6.18 Å². The number of aromatic nitrogens is 3. The number of carbonyl (C=O) groups excluding carboxylic acids is 1. The molecule has 3 heterocycles. The number of halogens is 3. The number of alkyl halides is 3. The van der Waals surface area contributed by atoms with Gasteiger partial charge in [-0.1, -0.05) is 18.2 Å². The number of pyridine rings is 1. The maximum absolute atomic E-state index is 13.0. The Bertz CT molecular complexity index is 1040. The summed E-state index contributed by atoms with van der Waals surface area (Å²) in [5, 5.41) is 4.40. The Labute approximate surface area is 176 Å². The van der Waals surface area contributed by atoms with E-state index in [0.29, 0.717) is 37.7 Å². The first-order valence-corrected chi connectivity index (χ1v) is 9.63. The third-order valence-electron chi connectivity index (χ3n) is 5.09. The van der Waals surface area contributed by atoms with E-state index in [1.54, 1.807) is 15.8 Å². The second-order valence-corrected chi connectivity index (χ2v) is 7.01. The molecular weight excluding hydrogens is 411 g/mol. The van der Waals surface area contributed by atoms with Crippen molar-refractivity contribution in [1.82, 2.24) is 19.7 Å². The minimum atomic E-state index is -4.42. The third kappa shape index (κ3) is 4.32. The zero-order chi connectivity index (χ0) is 22.0. The van der Waals surface area contributed by atoms with Crippen LogP contribution in [-0.4, -0.2) is 58.9 Å². The van der Waals surface area contributed by atoms with E-state index in [1.807, 2.05) is 35.2 Å². The Morgan fingerprint density at radius 2 is 1.74 bits per heavy atom. The van der Waals surface area contributed by atoms with Gasteiger partial charge in [0.25, 0.3) is 5.91 Å². The van der Waals surface area contributed by atoms with E-state index in [1.165, 1.54) is 13.2 Å². The molecule has 0 spiro atoms. The van der Waals surface area contributed by atoms with Gasteiger partial charge in [0.05, 0.1) is 24.6 Å². The molecule has 1 aromatic carbocycles. The molecule has 0 bridgehead atoms. The standard InChI is InChI=1S/C21H20F3N5O2/c1-31-17-14-29(16-5-3-2-4-6-16)26-19(17)20(30)28-11-9-27(10-12-28)18-8-7-15(13-25-18)21(22,23)24/h2-8,13-14H,9-12H2,1H3. The van der Waals surface area contributed by atoms with Crippen LogP contribution in [0.5, 0.6) is 5.75 Å². The van der Waals surface area contributed by atoms with E-state index in [-0.39, 0.29) is 11.6 Å². The molecule has 3 aromatic rings. The van der Waals surface area contributed by atoms with Gasteiger partial charge in [0.1, 0.15) is 5.82 Å². The highest BCUT2D eigenvalue weighted by Crippen LogP contribution is 2.29. The van der Waals surface area contributed by atoms with Crippen LogP contribution in [0.2, 0.25) is 0 Å². The molecule has 0 saturated carbocycles. The Balaban J connectivity index is 1.44. The fourth-order valence-electron chi connectivity index (χ4n) is 3.40. The van der Waals surface area contributed by atoms with Crippen LogP contribution in [0.25, 0.3) is 5.69 Å². The fourth-order valence-corrected chi connectivity index (χ4v) is 3.40. The molecule has 0 aliphatic carbocycles. The highest BCUT2D eigenvalue weighted by atomic mass is 19.4. The molecule has 7 nitrogen and oxygen atoms in total. The lowest BCUT2D eigenvalue weighted by molar-refractivity contribution is -0.137. The molecule has 162 valence electrons. The largest absolute Gasteiger partial charge is 0.493 e. The molecule has 2 aromatic heterocycles. The van der Waals surface area contributed by atoms with E-state index < -0.39 is 11.7 Å². The van der Waals surface area contributed by atoms with Crippen molar-refractivity contribution in [3.8, 4) is 11.4 Å². The first-order valence-electron chi connectivity index (χ1n) is 9.63. The smallest absolute Gasteiger partial charge is 0.417 e. The summed E-state index contributed by atoms with van der Waals surface area (Å²) in [6.45, 7) is 1.68. The molecule has 1 aliphatic rings. The summed E-state index contributed by atoms with van der Waals surface area (Å²) >= 11 is 0. The fraction of sp³-hybridized carbons (Fsp3) is 0.286. The topological polar surface area (TPSA) is 63.5 Å². The quantitative estimate of drug-likeness (QED) is 0.635. The van der Waals surface area contributed by atoms with Gasteiger partial charge in [-0.3, -0.25) is 4.79 Å². The zero-order valence-corrected chi connectivity index (χ0v) is 16.7. The van der Waals surface area contributed by atoms with E-state index >= 15 is 0 Å². The van der Waals surface area contributed by atoms with E-state index in [0.717, 1.165) is 18.0 Å². The highest BCUT2D eigenvalue weighted by Gasteiger charge is 2.31. The number of amides is 1. The van der Waals surface area contributed by atoms with Gasteiger partial charge in [-0.25, -0.2) is 9.67 Å². The summed E-state index contributed by atoms with van der Waals surface area (Å²) < 4.78 is 45.1. The lowest BCUT2D eigenvalue weighted by atomic mass is 10.2. The monoisotopic (exact) mass is 431 g/mol. The molecule has 1 saturated heterocycles. The highest BCUT2D eigenvalue weighted by molar-refractivity contribution is 5.95. The second-order valence-electron chi connectivity index (χ2n) is 7.01. The van der Waals surface area contributed by atoms with Crippen molar-refractivity contribution in [3.05, 3.63) is 66.1 Å². The molecular formula is C21H20F3N5O2. The molecule has 1 amide bonds. The number of nitrogens with zero attached hydrogens (tertiary/aromatic N) is 5. The minimum Gasteiger partial charge on any atom is -0.493 e. The van der Waals surface area contributed by atoms with Crippen LogP contribution in [0, 0.1) is 0 Å². The van der Waals surface area contributed by atoms with Crippen molar-refractivity contribution in [2.24, 2.45) is 0 Å². The zero-order valence-electron chi connectivity index (χ0n) is 16.7. The Hall–Kier alpha value is -3.56. The summed E-state index contributed by atoms with van der Waals surface area (Å²) in [6.07, 6.45) is -1.93. The summed E-state index contributed by atoms with van der Waals surface area (Å²) in [7, 11) is 1.48. The number of ether oxygens (including phenoxy) is 1. The molecule has 31 heavy (non-hydrogen) atoms. The molecule has 0 N–H and O–H groups in total. The van der Waals surface area contributed by atoms with Crippen LogP contribution >= 0.6 is 0 Å². The van der Waals surface area contributed by atoms with Gasteiger partial charge in [0.15, 0.2) is 11.4 Å². The number of anilines is 1. The number of methoxy groups -OCH3 is 1. The number of hydrogen-bond donors (Lipinski definition) is 0. The van der Waals surface area contributed by atoms with Gasteiger partial charge in [-0.15, -0.1) is 0 Å². The number of hydrogen-bond acceptors (Lipinski definition) is 5. The number of para-hydroxylation sites is 1.